The van der Waals surface area contributed by atoms with Crippen molar-refractivity contribution in [3.8, 4) is 0 Å². The fourth-order valence-corrected chi connectivity index (χ4v) is 1.41. The summed E-state index contributed by atoms with van der Waals surface area (Å²) >= 11 is 5.77. The molecule has 0 fully saturated rings. The number of carbonyl (C=O) groups excluding carboxylic acids is 1. The van der Waals surface area contributed by atoms with E-state index < -0.39 is 6.04 Å². The zero-order valence-electron chi connectivity index (χ0n) is 10.4. The van der Waals surface area contributed by atoms with Crippen LogP contribution in [0.1, 0.15) is 26.5 Å². The van der Waals surface area contributed by atoms with E-state index in [0.29, 0.717) is 5.69 Å². The predicted molar refractivity (Wildman–Crippen MR) is 67.8 cm³/mol. The fraction of sp³-hybridized carbons (Fsp3) is 0.545. The molecule has 94 valence electrons. The van der Waals surface area contributed by atoms with Gasteiger partial charge in [0.2, 0.25) is 11.9 Å². The average molecular weight is 257 g/mol. The maximum atomic E-state index is 11.8. The Balaban J connectivity index is 2.81. The van der Waals surface area contributed by atoms with Crippen molar-refractivity contribution in [3.05, 3.63) is 16.9 Å². The second-order valence-electron chi connectivity index (χ2n) is 4.99. The number of aryl methyl sites for hydroxylation is 1. The minimum atomic E-state index is -0.634. The summed E-state index contributed by atoms with van der Waals surface area (Å²) in [6.45, 7) is 7.44. The molecule has 0 aliphatic carbocycles. The molecule has 0 bridgehead atoms. The number of nitrogens with one attached hydrogen (secondary N) is 1. The van der Waals surface area contributed by atoms with Gasteiger partial charge in [0.05, 0.1) is 6.04 Å². The van der Waals surface area contributed by atoms with Crippen molar-refractivity contribution in [3.63, 3.8) is 0 Å². The largest absolute Gasteiger partial charge is 0.319 e. The zero-order chi connectivity index (χ0) is 13.2. The normalized spacial score (nSPS) is 13.3. The molecule has 0 aliphatic rings. The highest BCUT2D eigenvalue weighted by Crippen LogP contribution is 2.18. The predicted octanol–water partition coefficient (Wildman–Crippen LogP) is 1.75. The minimum absolute atomic E-state index is 0.180. The first-order chi connectivity index (χ1) is 7.70. The van der Waals surface area contributed by atoms with Gasteiger partial charge in [0.25, 0.3) is 0 Å². The molecule has 0 aromatic carbocycles. The maximum Gasteiger partial charge on any atom is 0.244 e. The molecule has 0 unspecified atom stereocenters. The number of hydrogen-bond donors (Lipinski definition) is 2. The summed E-state index contributed by atoms with van der Waals surface area (Å²) in [6.07, 6.45) is 0. The van der Waals surface area contributed by atoms with E-state index in [-0.39, 0.29) is 22.4 Å². The van der Waals surface area contributed by atoms with Crippen molar-refractivity contribution in [1.29, 1.82) is 0 Å². The third kappa shape index (κ3) is 3.94. The Morgan fingerprint density at radius 3 is 2.53 bits per heavy atom. The average Bonchev–Trinajstić information content (AvgIpc) is 2.13. The Hall–Kier alpha value is -1.20. The molecule has 5 nitrogen and oxygen atoms in total. The fourth-order valence-electron chi connectivity index (χ4n) is 1.17. The molecule has 0 saturated heterocycles. The number of halogens is 1. The van der Waals surface area contributed by atoms with Crippen LogP contribution in [0.5, 0.6) is 0 Å². The van der Waals surface area contributed by atoms with Gasteiger partial charge in [0, 0.05) is 5.69 Å². The Labute approximate surface area is 106 Å². The number of nitrogens with two attached hydrogens (primary N) is 1. The molecular formula is C11H17ClN4O. The van der Waals surface area contributed by atoms with Crippen LogP contribution in [0.4, 0.5) is 5.95 Å². The lowest BCUT2D eigenvalue weighted by Gasteiger charge is -2.25. The highest BCUT2D eigenvalue weighted by atomic mass is 35.5. The lowest BCUT2D eigenvalue weighted by atomic mass is 9.87. The molecule has 1 rings (SSSR count). The topological polar surface area (TPSA) is 80.9 Å². The number of hydrogen-bond acceptors (Lipinski definition) is 4. The van der Waals surface area contributed by atoms with Gasteiger partial charge >= 0.3 is 0 Å². The maximum absolute atomic E-state index is 11.8. The molecule has 6 heteroatoms. The van der Waals surface area contributed by atoms with Gasteiger partial charge in [0.1, 0.15) is 5.15 Å². The van der Waals surface area contributed by atoms with E-state index in [4.69, 9.17) is 17.3 Å². The number of rotatable bonds is 2. The van der Waals surface area contributed by atoms with Crippen molar-refractivity contribution in [1.82, 2.24) is 9.97 Å². The number of aromatic nitrogens is 2. The van der Waals surface area contributed by atoms with Crippen LogP contribution in [0.25, 0.3) is 0 Å². The molecule has 3 N–H and O–H groups in total. The van der Waals surface area contributed by atoms with E-state index in [1.54, 1.807) is 13.0 Å². The Morgan fingerprint density at radius 2 is 2.06 bits per heavy atom. The molecule has 1 aromatic rings. The van der Waals surface area contributed by atoms with E-state index in [2.05, 4.69) is 15.3 Å². The SMILES string of the molecule is Cc1cc(Cl)nc(NC(=O)[C@H](N)C(C)(C)C)n1. The molecule has 1 aromatic heterocycles. The molecule has 1 atom stereocenters. The quantitative estimate of drug-likeness (QED) is 0.790. The Morgan fingerprint density at radius 1 is 1.47 bits per heavy atom. The van der Waals surface area contributed by atoms with E-state index >= 15 is 0 Å². The molecule has 0 aliphatic heterocycles. The minimum Gasteiger partial charge on any atom is -0.319 e. The van der Waals surface area contributed by atoms with Crippen LogP contribution in [-0.4, -0.2) is 21.9 Å². The smallest absolute Gasteiger partial charge is 0.244 e. The Bertz CT molecular complexity index is 408. The van der Waals surface area contributed by atoms with Crippen molar-refractivity contribution in [2.45, 2.75) is 33.7 Å². The van der Waals surface area contributed by atoms with Gasteiger partial charge in [0.15, 0.2) is 0 Å². The second-order valence-corrected chi connectivity index (χ2v) is 5.38. The van der Waals surface area contributed by atoms with Crippen LogP contribution in [0, 0.1) is 12.3 Å². The van der Waals surface area contributed by atoms with Crippen LogP contribution in [0.15, 0.2) is 6.07 Å². The molecule has 1 heterocycles. The van der Waals surface area contributed by atoms with Crippen LogP contribution in [-0.2, 0) is 4.79 Å². The molecule has 0 saturated carbocycles. The third-order valence-electron chi connectivity index (χ3n) is 2.27. The lowest BCUT2D eigenvalue weighted by molar-refractivity contribution is -0.119. The molecule has 17 heavy (non-hydrogen) atoms. The monoisotopic (exact) mass is 256 g/mol. The van der Waals surface area contributed by atoms with Crippen LogP contribution < -0.4 is 11.1 Å². The standard InChI is InChI=1S/C11H17ClN4O/c1-6-5-7(12)15-10(14-6)16-9(17)8(13)11(2,3)4/h5,8H,13H2,1-4H3,(H,14,15,16,17)/t8-/m0/s1. The Kier molecular flexibility index (Phi) is 4.06. The second kappa shape index (κ2) is 4.98. The summed E-state index contributed by atoms with van der Waals surface area (Å²) in [4.78, 5) is 19.8. The van der Waals surface area contributed by atoms with E-state index in [1.807, 2.05) is 20.8 Å². The summed E-state index contributed by atoms with van der Waals surface area (Å²) in [6, 6.07) is 0.978. The highest BCUT2D eigenvalue weighted by Gasteiger charge is 2.27. The van der Waals surface area contributed by atoms with Crippen molar-refractivity contribution in [2.24, 2.45) is 11.1 Å². The molecular weight excluding hydrogens is 240 g/mol. The van der Waals surface area contributed by atoms with Crippen molar-refractivity contribution >= 4 is 23.5 Å². The van der Waals surface area contributed by atoms with Crippen molar-refractivity contribution in [2.75, 3.05) is 5.32 Å². The van der Waals surface area contributed by atoms with Gasteiger partial charge in [-0.15, -0.1) is 0 Å². The van der Waals surface area contributed by atoms with Gasteiger partial charge in [-0.3, -0.25) is 10.1 Å². The van der Waals surface area contributed by atoms with E-state index in [1.165, 1.54) is 0 Å². The number of amides is 1. The molecule has 0 spiro atoms. The van der Waals surface area contributed by atoms with Gasteiger partial charge in [-0.25, -0.2) is 9.97 Å². The van der Waals surface area contributed by atoms with Crippen molar-refractivity contribution < 1.29 is 4.79 Å². The number of carbonyl (C=O) groups is 1. The van der Waals surface area contributed by atoms with Crippen LogP contribution >= 0.6 is 11.6 Å². The van der Waals surface area contributed by atoms with E-state index in [0.717, 1.165) is 0 Å². The molecule has 0 radical (unpaired) electrons. The zero-order valence-corrected chi connectivity index (χ0v) is 11.2. The number of anilines is 1. The first-order valence-corrected chi connectivity index (χ1v) is 5.65. The summed E-state index contributed by atoms with van der Waals surface area (Å²) in [5, 5.41) is 2.85. The van der Waals surface area contributed by atoms with Gasteiger partial charge in [-0.05, 0) is 18.4 Å². The molecule has 1 amide bonds. The summed E-state index contributed by atoms with van der Waals surface area (Å²) < 4.78 is 0. The van der Waals surface area contributed by atoms with Gasteiger partial charge in [-0.1, -0.05) is 32.4 Å². The lowest BCUT2D eigenvalue weighted by Crippen LogP contribution is -2.45. The summed E-state index contributed by atoms with van der Waals surface area (Å²) in [7, 11) is 0. The first-order valence-electron chi connectivity index (χ1n) is 5.28. The first kappa shape index (κ1) is 13.9. The van der Waals surface area contributed by atoms with Crippen LogP contribution in [0.2, 0.25) is 5.15 Å². The number of nitrogens with zero attached hydrogens (tertiary/aromatic N) is 2. The highest BCUT2D eigenvalue weighted by molar-refractivity contribution is 6.29. The summed E-state index contributed by atoms with van der Waals surface area (Å²) in [5.74, 6) is -0.140. The van der Waals surface area contributed by atoms with E-state index in [9.17, 15) is 4.79 Å². The van der Waals surface area contributed by atoms with Crippen LogP contribution in [0.3, 0.4) is 0 Å². The third-order valence-corrected chi connectivity index (χ3v) is 2.47. The summed E-state index contributed by atoms with van der Waals surface area (Å²) in [5.41, 5.74) is 6.18. The van der Waals surface area contributed by atoms with Gasteiger partial charge < -0.3 is 5.73 Å². The van der Waals surface area contributed by atoms with Gasteiger partial charge in [-0.2, -0.15) is 0 Å².